The molecular formula is C34H42N2O3. The molecule has 0 spiro atoms. The van der Waals surface area contributed by atoms with Crippen molar-refractivity contribution in [1.82, 2.24) is 9.80 Å². The Morgan fingerprint density at radius 1 is 0.897 bits per heavy atom. The molecule has 0 bridgehead atoms. The SMILES string of the molecule is CCN(CC)C(=O)c1ccc(C(CCN2CCC(C(C)=O)(c3ccccc3)CC2)c2cccc(OC)c2)cc1. The molecule has 0 saturated carbocycles. The van der Waals surface area contributed by atoms with Gasteiger partial charge in [0, 0.05) is 24.6 Å². The van der Waals surface area contributed by atoms with Gasteiger partial charge in [-0.25, -0.2) is 0 Å². The Labute approximate surface area is 233 Å². The van der Waals surface area contributed by atoms with Crippen LogP contribution in [0.2, 0.25) is 0 Å². The Morgan fingerprint density at radius 2 is 1.56 bits per heavy atom. The first-order chi connectivity index (χ1) is 18.9. The number of benzene rings is 3. The monoisotopic (exact) mass is 526 g/mol. The van der Waals surface area contributed by atoms with Gasteiger partial charge in [0.1, 0.15) is 11.5 Å². The van der Waals surface area contributed by atoms with Crippen LogP contribution in [0.25, 0.3) is 0 Å². The topological polar surface area (TPSA) is 49.9 Å². The maximum absolute atomic E-state index is 12.9. The van der Waals surface area contributed by atoms with Crippen molar-refractivity contribution in [2.75, 3.05) is 39.8 Å². The second-order valence-corrected chi connectivity index (χ2v) is 10.6. The number of ketones is 1. The Balaban J connectivity index is 1.51. The van der Waals surface area contributed by atoms with E-state index in [1.165, 1.54) is 11.1 Å². The normalized spacial score (nSPS) is 15.9. The summed E-state index contributed by atoms with van der Waals surface area (Å²) in [5, 5.41) is 0. The highest BCUT2D eigenvalue weighted by molar-refractivity contribution is 5.94. The van der Waals surface area contributed by atoms with Crippen molar-refractivity contribution in [2.45, 2.75) is 51.4 Å². The highest BCUT2D eigenvalue weighted by Gasteiger charge is 2.40. The number of nitrogens with zero attached hydrogens (tertiary/aromatic N) is 2. The molecular weight excluding hydrogens is 484 g/mol. The lowest BCUT2D eigenvalue weighted by Crippen LogP contribution is -2.46. The second kappa shape index (κ2) is 13.1. The molecule has 4 rings (SSSR count). The number of carbonyl (C=O) groups is 2. The maximum atomic E-state index is 12.9. The van der Waals surface area contributed by atoms with Gasteiger partial charge in [0.25, 0.3) is 5.91 Å². The van der Waals surface area contributed by atoms with Crippen molar-refractivity contribution in [2.24, 2.45) is 0 Å². The summed E-state index contributed by atoms with van der Waals surface area (Å²) in [6, 6.07) is 26.7. The third-order valence-electron chi connectivity index (χ3n) is 8.55. The number of hydrogen-bond acceptors (Lipinski definition) is 4. The molecule has 1 fully saturated rings. The van der Waals surface area contributed by atoms with Gasteiger partial charge < -0.3 is 14.5 Å². The molecule has 39 heavy (non-hydrogen) atoms. The van der Waals surface area contributed by atoms with Gasteiger partial charge in [-0.3, -0.25) is 9.59 Å². The van der Waals surface area contributed by atoms with Crippen LogP contribution >= 0.6 is 0 Å². The van der Waals surface area contributed by atoms with E-state index < -0.39 is 0 Å². The van der Waals surface area contributed by atoms with Crippen molar-refractivity contribution in [3.05, 3.63) is 101 Å². The van der Waals surface area contributed by atoms with Crippen LogP contribution in [0.5, 0.6) is 5.75 Å². The lowest BCUT2D eigenvalue weighted by atomic mass is 9.70. The number of amides is 1. The largest absolute Gasteiger partial charge is 0.497 e. The summed E-state index contributed by atoms with van der Waals surface area (Å²) in [6.45, 7) is 9.90. The van der Waals surface area contributed by atoms with Gasteiger partial charge in [0.15, 0.2) is 0 Å². The van der Waals surface area contributed by atoms with Gasteiger partial charge in [-0.2, -0.15) is 0 Å². The first-order valence-electron chi connectivity index (χ1n) is 14.2. The quantitative estimate of drug-likeness (QED) is 0.293. The number of likely N-dealkylation sites (tertiary alicyclic amines) is 1. The number of methoxy groups -OCH3 is 1. The summed E-state index contributed by atoms with van der Waals surface area (Å²) in [4.78, 5) is 30.0. The average Bonchev–Trinajstić information content (AvgIpc) is 2.99. The predicted molar refractivity (Wildman–Crippen MR) is 158 cm³/mol. The van der Waals surface area contributed by atoms with Crippen LogP contribution in [0.15, 0.2) is 78.9 Å². The maximum Gasteiger partial charge on any atom is 0.253 e. The van der Waals surface area contributed by atoms with E-state index in [1.807, 2.05) is 61.2 Å². The van der Waals surface area contributed by atoms with E-state index in [2.05, 4.69) is 41.3 Å². The second-order valence-electron chi connectivity index (χ2n) is 10.6. The Kier molecular flexibility index (Phi) is 9.58. The number of piperidine rings is 1. The lowest BCUT2D eigenvalue weighted by molar-refractivity contribution is -0.124. The molecule has 3 aromatic carbocycles. The van der Waals surface area contributed by atoms with Crippen molar-refractivity contribution in [3.63, 3.8) is 0 Å². The van der Waals surface area contributed by atoms with E-state index in [0.29, 0.717) is 13.1 Å². The van der Waals surface area contributed by atoms with Crippen LogP contribution in [0, 0.1) is 0 Å². The average molecular weight is 527 g/mol. The molecule has 1 amide bonds. The minimum absolute atomic E-state index is 0.0742. The molecule has 0 N–H and O–H groups in total. The van der Waals surface area contributed by atoms with E-state index in [9.17, 15) is 9.59 Å². The van der Waals surface area contributed by atoms with Crippen LogP contribution in [-0.2, 0) is 10.2 Å². The third kappa shape index (κ3) is 6.42. The Morgan fingerprint density at radius 3 is 2.15 bits per heavy atom. The summed E-state index contributed by atoms with van der Waals surface area (Å²) < 4.78 is 5.53. The van der Waals surface area contributed by atoms with E-state index in [0.717, 1.165) is 55.8 Å². The molecule has 1 unspecified atom stereocenters. The molecule has 0 aliphatic carbocycles. The van der Waals surface area contributed by atoms with Crippen molar-refractivity contribution in [1.29, 1.82) is 0 Å². The van der Waals surface area contributed by atoms with Crippen LogP contribution < -0.4 is 4.74 Å². The first kappa shape index (κ1) is 28.6. The van der Waals surface area contributed by atoms with Gasteiger partial charge in [-0.05, 0) is 101 Å². The number of carbonyl (C=O) groups excluding carboxylic acids is 2. The summed E-state index contributed by atoms with van der Waals surface area (Å²) in [5.74, 6) is 1.36. The zero-order valence-electron chi connectivity index (χ0n) is 23.9. The molecule has 1 atom stereocenters. The van der Waals surface area contributed by atoms with E-state index in [-0.39, 0.29) is 23.0 Å². The van der Waals surface area contributed by atoms with Gasteiger partial charge in [-0.15, -0.1) is 0 Å². The molecule has 1 aliphatic rings. The van der Waals surface area contributed by atoms with Gasteiger partial charge >= 0.3 is 0 Å². The zero-order chi connectivity index (χ0) is 27.8. The molecule has 1 aliphatic heterocycles. The minimum Gasteiger partial charge on any atom is -0.497 e. The fourth-order valence-electron chi connectivity index (χ4n) is 6.01. The van der Waals surface area contributed by atoms with E-state index >= 15 is 0 Å². The fourth-order valence-corrected chi connectivity index (χ4v) is 6.01. The summed E-state index contributed by atoms with van der Waals surface area (Å²) in [6.07, 6.45) is 2.63. The van der Waals surface area contributed by atoms with Crippen LogP contribution in [0.1, 0.15) is 73.0 Å². The third-order valence-corrected chi connectivity index (χ3v) is 8.55. The molecule has 0 aromatic heterocycles. The predicted octanol–water partition coefficient (Wildman–Crippen LogP) is 6.32. The molecule has 206 valence electrons. The number of rotatable bonds is 11. The van der Waals surface area contributed by atoms with Crippen LogP contribution in [-0.4, -0.2) is 61.3 Å². The van der Waals surface area contributed by atoms with Crippen molar-refractivity contribution >= 4 is 11.7 Å². The standard InChI is InChI=1S/C34H42N2O3/c1-5-36(6-2)33(38)28-17-15-27(16-18-28)32(29-11-10-14-31(25-29)39-4)19-22-35-23-20-34(21-24-35,26(3)37)30-12-8-7-9-13-30/h7-18,25,32H,5-6,19-24H2,1-4H3. The van der Waals surface area contributed by atoms with Gasteiger partial charge in [-0.1, -0.05) is 54.6 Å². The highest BCUT2D eigenvalue weighted by Crippen LogP contribution is 2.37. The van der Waals surface area contributed by atoms with Gasteiger partial charge in [0.2, 0.25) is 0 Å². The number of Topliss-reactive ketones (excluding diaryl/α,β-unsaturated/α-hetero) is 1. The Bertz CT molecular complexity index is 1230. The molecule has 1 saturated heterocycles. The van der Waals surface area contributed by atoms with Crippen molar-refractivity contribution in [3.8, 4) is 5.75 Å². The Hall–Kier alpha value is -3.44. The van der Waals surface area contributed by atoms with Crippen LogP contribution in [0.3, 0.4) is 0 Å². The molecule has 5 nitrogen and oxygen atoms in total. The highest BCUT2D eigenvalue weighted by atomic mass is 16.5. The first-order valence-corrected chi connectivity index (χ1v) is 14.2. The molecule has 5 heteroatoms. The number of ether oxygens (including phenoxy) is 1. The minimum atomic E-state index is -0.378. The zero-order valence-corrected chi connectivity index (χ0v) is 23.9. The summed E-state index contributed by atoms with van der Waals surface area (Å²) >= 11 is 0. The van der Waals surface area contributed by atoms with E-state index in [4.69, 9.17) is 4.74 Å². The van der Waals surface area contributed by atoms with Gasteiger partial charge in [0.05, 0.1) is 12.5 Å². The smallest absolute Gasteiger partial charge is 0.253 e. The fraction of sp³-hybridized carbons (Fsp3) is 0.412. The number of hydrogen-bond donors (Lipinski definition) is 0. The molecule has 1 heterocycles. The van der Waals surface area contributed by atoms with Crippen LogP contribution in [0.4, 0.5) is 0 Å². The summed E-state index contributed by atoms with van der Waals surface area (Å²) in [5.41, 5.74) is 3.89. The lowest BCUT2D eigenvalue weighted by Gasteiger charge is -2.41. The van der Waals surface area contributed by atoms with E-state index in [1.54, 1.807) is 14.0 Å². The molecule has 0 radical (unpaired) electrons. The molecule has 3 aromatic rings. The summed E-state index contributed by atoms with van der Waals surface area (Å²) in [7, 11) is 1.70. The van der Waals surface area contributed by atoms with Crippen molar-refractivity contribution < 1.29 is 14.3 Å².